The standard InChI is InChI=1S/C19H16BrClN4O2/c1-26-16-11-17(27-2)23-19(22-16)18(12-3-7-14(21)8-4-12)25-24-15-9-5-13(20)6-10-15/h3-11,24H,1-2H3/b25-18+. The van der Waals surface area contributed by atoms with E-state index in [0.29, 0.717) is 28.3 Å². The SMILES string of the molecule is COc1cc(OC)nc(/C(=N/Nc2ccc(Br)cc2)c2ccc(Cl)cc2)n1. The Bertz CT molecular complexity index is 925. The van der Waals surface area contributed by atoms with Gasteiger partial charge in [0.2, 0.25) is 11.8 Å². The Balaban J connectivity index is 2.05. The molecule has 0 bridgehead atoms. The first-order valence-corrected chi connectivity index (χ1v) is 9.09. The van der Waals surface area contributed by atoms with Gasteiger partial charge in [0.15, 0.2) is 5.82 Å². The van der Waals surface area contributed by atoms with Gasteiger partial charge in [0, 0.05) is 15.1 Å². The molecular formula is C19H16BrClN4O2. The van der Waals surface area contributed by atoms with Crippen molar-refractivity contribution in [3.63, 3.8) is 0 Å². The number of nitrogens with zero attached hydrogens (tertiary/aromatic N) is 3. The van der Waals surface area contributed by atoms with Crippen molar-refractivity contribution in [1.82, 2.24) is 9.97 Å². The molecule has 0 aliphatic rings. The molecule has 6 nitrogen and oxygen atoms in total. The minimum absolute atomic E-state index is 0.359. The lowest BCUT2D eigenvalue weighted by Gasteiger charge is -2.10. The number of benzene rings is 2. The molecule has 27 heavy (non-hydrogen) atoms. The molecule has 2 aromatic carbocycles. The predicted octanol–water partition coefficient (Wildman–Crippen LogP) is 4.77. The summed E-state index contributed by atoms with van der Waals surface area (Å²) in [4.78, 5) is 8.80. The highest BCUT2D eigenvalue weighted by Crippen LogP contribution is 2.20. The van der Waals surface area contributed by atoms with E-state index in [2.05, 4.69) is 36.4 Å². The van der Waals surface area contributed by atoms with Gasteiger partial charge >= 0.3 is 0 Å². The van der Waals surface area contributed by atoms with E-state index in [1.165, 1.54) is 14.2 Å². The van der Waals surface area contributed by atoms with Gasteiger partial charge in [-0.2, -0.15) is 15.1 Å². The van der Waals surface area contributed by atoms with Gasteiger partial charge in [-0.15, -0.1) is 0 Å². The van der Waals surface area contributed by atoms with Crippen LogP contribution < -0.4 is 14.9 Å². The summed E-state index contributed by atoms with van der Waals surface area (Å²) < 4.78 is 11.5. The maximum absolute atomic E-state index is 6.01. The summed E-state index contributed by atoms with van der Waals surface area (Å²) >= 11 is 9.43. The van der Waals surface area contributed by atoms with Gasteiger partial charge in [-0.1, -0.05) is 39.7 Å². The second-order valence-electron chi connectivity index (χ2n) is 5.36. The molecule has 1 aromatic heterocycles. The number of rotatable bonds is 6. The monoisotopic (exact) mass is 446 g/mol. The van der Waals surface area contributed by atoms with Crippen molar-refractivity contribution in [2.45, 2.75) is 0 Å². The molecule has 1 heterocycles. The summed E-state index contributed by atoms with van der Waals surface area (Å²) in [5.41, 5.74) is 5.16. The number of hydrazone groups is 1. The van der Waals surface area contributed by atoms with Crippen molar-refractivity contribution in [3.05, 3.63) is 75.5 Å². The zero-order valence-electron chi connectivity index (χ0n) is 14.6. The number of methoxy groups -OCH3 is 2. The van der Waals surface area contributed by atoms with E-state index >= 15 is 0 Å². The summed E-state index contributed by atoms with van der Waals surface area (Å²) in [5, 5.41) is 5.14. The quantitative estimate of drug-likeness (QED) is 0.435. The molecule has 0 saturated heterocycles. The number of hydrogen-bond donors (Lipinski definition) is 1. The van der Waals surface area contributed by atoms with Crippen molar-refractivity contribution in [3.8, 4) is 11.8 Å². The van der Waals surface area contributed by atoms with E-state index in [-0.39, 0.29) is 0 Å². The lowest BCUT2D eigenvalue weighted by Crippen LogP contribution is -2.12. The van der Waals surface area contributed by atoms with E-state index in [1.807, 2.05) is 36.4 Å². The number of aromatic nitrogens is 2. The van der Waals surface area contributed by atoms with Crippen molar-refractivity contribution in [1.29, 1.82) is 0 Å². The van der Waals surface area contributed by atoms with Crippen LogP contribution in [0.15, 0.2) is 64.2 Å². The highest BCUT2D eigenvalue weighted by atomic mass is 79.9. The number of ether oxygens (including phenoxy) is 2. The van der Waals surface area contributed by atoms with Crippen LogP contribution in [0.2, 0.25) is 5.02 Å². The topological polar surface area (TPSA) is 68.6 Å². The average molecular weight is 448 g/mol. The Morgan fingerprint density at radius 3 is 2.11 bits per heavy atom. The van der Waals surface area contributed by atoms with Crippen LogP contribution in [0, 0.1) is 0 Å². The van der Waals surface area contributed by atoms with Gasteiger partial charge in [0.05, 0.1) is 26.0 Å². The van der Waals surface area contributed by atoms with Crippen molar-refractivity contribution in [2.24, 2.45) is 5.10 Å². The summed E-state index contributed by atoms with van der Waals surface area (Å²) in [6.07, 6.45) is 0. The molecule has 0 amide bonds. The van der Waals surface area contributed by atoms with Gasteiger partial charge in [-0.3, -0.25) is 5.43 Å². The molecule has 0 radical (unpaired) electrons. The second-order valence-corrected chi connectivity index (χ2v) is 6.71. The minimum atomic E-state index is 0.359. The summed E-state index contributed by atoms with van der Waals surface area (Å²) in [5.74, 6) is 1.11. The van der Waals surface area contributed by atoms with Crippen LogP contribution in [0.5, 0.6) is 11.8 Å². The molecule has 8 heteroatoms. The zero-order chi connectivity index (χ0) is 19.2. The van der Waals surface area contributed by atoms with Crippen LogP contribution in [0.1, 0.15) is 11.4 Å². The van der Waals surface area contributed by atoms with Crippen molar-refractivity contribution >= 4 is 38.9 Å². The molecule has 138 valence electrons. The van der Waals surface area contributed by atoms with Crippen LogP contribution in [0.4, 0.5) is 5.69 Å². The van der Waals surface area contributed by atoms with Gasteiger partial charge in [0.1, 0.15) is 5.71 Å². The Labute approximate surface area is 170 Å². The predicted molar refractivity (Wildman–Crippen MR) is 110 cm³/mol. The van der Waals surface area contributed by atoms with Crippen LogP contribution in [0.3, 0.4) is 0 Å². The maximum atomic E-state index is 6.01. The molecule has 1 N–H and O–H groups in total. The Kier molecular flexibility index (Phi) is 6.26. The largest absolute Gasteiger partial charge is 0.481 e. The van der Waals surface area contributed by atoms with Crippen LogP contribution in [0.25, 0.3) is 0 Å². The van der Waals surface area contributed by atoms with Crippen molar-refractivity contribution in [2.75, 3.05) is 19.6 Å². The molecule has 0 aliphatic heterocycles. The highest BCUT2D eigenvalue weighted by molar-refractivity contribution is 9.10. The normalized spacial score (nSPS) is 11.2. The van der Waals surface area contributed by atoms with Gasteiger partial charge in [-0.25, -0.2) is 0 Å². The van der Waals surface area contributed by atoms with Gasteiger partial charge in [-0.05, 0) is 36.4 Å². The number of halogens is 2. The fraction of sp³-hybridized carbons (Fsp3) is 0.105. The molecule has 0 unspecified atom stereocenters. The maximum Gasteiger partial charge on any atom is 0.220 e. The van der Waals surface area contributed by atoms with Crippen LogP contribution >= 0.6 is 27.5 Å². The molecule has 0 saturated carbocycles. The fourth-order valence-electron chi connectivity index (χ4n) is 2.22. The first-order chi connectivity index (χ1) is 13.1. The zero-order valence-corrected chi connectivity index (χ0v) is 17.0. The lowest BCUT2D eigenvalue weighted by atomic mass is 10.1. The molecule has 0 spiro atoms. The fourth-order valence-corrected chi connectivity index (χ4v) is 2.61. The first-order valence-electron chi connectivity index (χ1n) is 7.91. The number of anilines is 1. The Hall–Kier alpha value is -2.64. The summed E-state index contributed by atoms with van der Waals surface area (Å²) in [6.45, 7) is 0. The van der Waals surface area contributed by atoms with Gasteiger partial charge < -0.3 is 9.47 Å². The second kappa shape index (κ2) is 8.83. The molecule has 0 fully saturated rings. The molecule has 3 aromatic rings. The average Bonchev–Trinajstić information content (AvgIpc) is 2.70. The highest BCUT2D eigenvalue weighted by Gasteiger charge is 2.15. The molecule has 0 atom stereocenters. The van der Waals surface area contributed by atoms with Crippen LogP contribution in [-0.4, -0.2) is 29.9 Å². The van der Waals surface area contributed by atoms with Crippen molar-refractivity contribution < 1.29 is 9.47 Å². The minimum Gasteiger partial charge on any atom is -0.481 e. The number of hydrogen-bond acceptors (Lipinski definition) is 6. The number of nitrogens with one attached hydrogen (secondary N) is 1. The van der Waals surface area contributed by atoms with Gasteiger partial charge in [0.25, 0.3) is 0 Å². The lowest BCUT2D eigenvalue weighted by molar-refractivity contribution is 0.371. The third-order valence-corrected chi connectivity index (χ3v) is 4.35. The summed E-state index contributed by atoms with van der Waals surface area (Å²) in [7, 11) is 3.06. The third-order valence-electron chi connectivity index (χ3n) is 3.57. The van der Waals surface area contributed by atoms with E-state index in [0.717, 1.165) is 15.7 Å². The Morgan fingerprint density at radius 2 is 1.56 bits per heavy atom. The van der Waals surface area contributed by atoms with E-state index in [4.69, 9.17) is 21.1 Å². The van der Waals surface area contributed by atoms with Crippen LogP contribution in [-0.2, 0) is 0 Å². The van der Waals surface area contributed by atoms with E-state index in [1.54, 1.807) is 18.2 Å². The third kappa shape index (κ3) is 4.96. The molecule has 0 aliphatic carbocycles. The van der Waals surface area contributed by atoms with E-state index < -0.39 is 0 Å². The summed E-state index contributed by atoms with van der Waals surface area (Å²) in [6, 6.07) is 16.5. The van der Waals surface area contributed by atoms with E-state index in [9.17, 15) is 0 Å². The molecule has 3 rings (SSSR count). The Morgan fingerprint density at radius 1 is 0.963 bits per heavy atom. The molecular weight excluding hydrogens is 432 g/mol. The smallest absolute Gasteiger partial charge is 0.220 e. The first kappa shape index (κ1) is 19.1.